The van der Waals surface area contributed by atoms with E-state index in [1.807, 2.05) is 12.1 Å². The fourth-order valence-electron chi connectivity index (χ4n) is 2.42. The Labute approximate surface area is 132 Å². The fraction of sp³-hybridized carbons (Fsp3) is 0.176. The molecule has 1 aliphatic rings. The molecule has 0 atom stereocenters. The number of anilines is 1. The Kier molecular flexibility index (Phi) is 4.23. The van der Waals surface area contributed by atoms with E-state index in [1.54, 1.807) is 23.1 Å². The van der Waals surface area contributed by atoms with Crippen LogP contribution in [0.15, 0.2) is 48.5 Å². The fourth-order valence-corrected chi connectivity index (χ4v) is 2.42. The van der Waals surface area contributed by atoms with Crippen LogP contribution in [0.4, 0.5) is 10.1 Å². The molecule has 0 fully saturated rings. The zero-order chi connectivity index (χ0) is 16.2. The van der Waals surface area contributed by atoms with Crippen molar-refractivity contribution < 1.29 is 18.7 Å². The van der Waals surface area contributed by atoms with Crippen molar-refractivity contribution in [3.63, 3.8) is 0 Å². The SMILES string of the molecule is O=C(NCCN1C(=O)COc2ccccc21)c1ccccc1F. The van der Waals surface area contributed by atoms with E-state index in [9.17, 15) is 14.0 Å². The smallest absolute Gasteiger partial charge is 0.265 e. The molecule has 0 aromatic heterocycles. The van der Waals surface area contributed by atoms with Crippen LogP contribution in [0.3, 0.4) is 0 Å². The summed E-state index contributed by atoms with van der Waals surface area (Å²) in [4.78, 5) is 25.5. The van der Waals surface area contributed by atoms with Gasteiger partial charge in [0.15, 0.2) is 6.61 Å². The third kappa shape index (κ3) is 3.15. The van der Waals surface area contributed by atoms with Gasteiger partial charge in [0, 0.05) is 13.1 Å². The van der Waals surface area contributed by atoms with Crippen molar-refractivity contribution in [1.82, 2.24) is 5.32 Å². The second-order valence-corrected chi connectivity index (χ2v) is 5.04. The minimum absolute atomic E-state index is 0.0128. The van der Waals surface area contributed by atoms with Crippen LogP contribution in [0.5, 0.6) is 5.75 Å². The van der Waals surface area contributed by atoms with Gasteiger partial charge in [0.1, 0.15) is 11.6 Å². The number of para-hydroxylation sites is 2. The molecule has 0 saturated heterocycles. The van der Waals surface area contributed by atoms with Crippen molar-refractivity contribution in [1.29, 1.82) is 0 Å². The van der Waals surface area contributed by atoms with Gasteiger partial charge in [-0.25, -0.2) is 4.39 Å². The minimum atomic E-state index is -0.571. The molecule has 0 spiro atoms. The number of benzene rings is 2. The molecular weight excluding hydrogens is 299 g/mol. The molecule has 3 rings (SSSR count). The normalized spacial score (nSPS) is 13.3. The molecule has 1 N–H and O–H groups in total. The second-order valence-electron chi connectivity index (χ2n) is 5.04. The average molecular weight is 314 g/mol. The van der Waals surface area contributed by atoms with Crippen molar-refractivity contribution in [2.24, 2.45) is 0 Å². The molecule has 0 unspecified atom stereocenters. The molecule has 0 radical (unpaired) electrons. The molecule has 0 bridgehead atoms. The van der Waals surface area contributed by atoms with E-state index < -0.39 is 11.7 Å². The van der Waals surface area contributed by atoms with E-state index >= 15 is 0 Å². The number of carbonyl (C=O) groups excluding carboxylic acids is 2. The third-order valence-corrected chi connectivity index (χ3v) is 3.55. The number of hydrogen-bond donors (Lipinski definition) is 1. The first-order valence-corrected chi connectivity index (χ1v) is 7.22. The van der Waals surface area contributed by atoms with E-state index in [1.165, 1.54) is 18.2 Å². The first-order valence-electron chi connectivity index (χ1n) is 7.22. The van der Waals surface area contributed by atoms with Crippen molar-refractivity contribution in [3.05, 3.63) is 59.9 Å². The van der Waals surface area contributed by atoms with Gasteiger partial charge in [-0.3, -0.25) is 9.59 Å². The molecule has 1 heterocycles. The lowest BCUT2D eigenvalue weighted by Gasteiger charge is -2.29. The lowest BCUT2D eigenvalue weighted by molar-refractivity contribution is -0.121. The maximum Gasteiger partial charge on any atom is 0.265 e. The zero-order valence-electron chi connectivity index (χ0n) is 12.3. The highest BCUT2D eigenvalue weighted by molar-refractivity contribution is 5.98. The Morgan fingerprint density at radius 3 is 2.74 bits per heavy atom. The number of ether oxygens (including phenoxy) is 1. The average Bonchev–Trinajstić information content (AvgIpc) is 2.57. The van der Waals surface area contributed by atoms with Gasteiger partial charge in [0.2, 0.25) is 0 Å². The van der Waals surface area contributed by atoms with Crippen LogP contribution in [0, 0.1) is 5.82 Å². The molecule has 2 aromatic carbocycles. The van der Waals surface area contributed by atoms with Crippen LogP contribution in [-0.2, 0) is 4.79 Å². The molecule has 0 saturated carbocycles. The third-order valence-electron chi connectivity index (χ3n) is 3.55. The molecule has 1 aliphatic heterocycles. The lowest BCUT2D eigenvalue weighted by atomic mass is 10.2. The van der Waals surface area contributed by atoms with E-state index in [4.69, 9.17) is 4.74 Å². The Morgan fingerprint density at radius 1 is 1.17 bits per heavy atom. The zero-order valence-corrected chi connectivity index (χ0v) is 12.3. The molecule has 5 nitrogen and oxygen atoms in total. The van der Waals surface area contributed by atoms with Crippen molar-refractivity contribution in [2.75, 3.05) is 24.6 Å². The number of nitrogens with one attached hydrogen (secondary N) is 1. The molecular formula is C17H15FN2O3. The number of hydrogen-bond acceptors (Lipinski definition) is 3. The van der Waals surface area contributed by atoms with E-state index in [-0.39, 0.29) is 24.6 Å². The number of rotatable bonds is 4. The number of fused-ring (bicyclic) bond motifs is 1. The summed E-state index contributed by atoms with van der Waals surface area (Å²) in [5, 5.41) is 2.62. The lowest BCUT2D eigenvalue weighted by Crippen LogP contribution is -2.43. The van der Waals surface area contributed by atoms with Crippen LogP contribution in [0.1, 0.15) is 10.4 Å². The Hall–Kier alpha value is -2.89. The predicted molar refractivity (Wildman–Crippen MR) is 83.0 cm³/mol. The van der Waals surface area contributed by atoms with Crippen LogP contribution in [0.25, 0.3) is 0 Å². The van der Waals surface area contributed by atoms with Gasteiger partial charge in [0.25, 0.3) is 11.8 Å². The van der Waals surface area contributed by atoms with Gasteiger partial charge >= 0.3 is 0 Å². The largest absolute Gasteiger partial charge is 0.482 e. The van der Waals surface area contributed by atoms with E-state index in [2.05, 4.69) is 5.32 Å². The molecule has 6 heteroatoms. The van der Waals surface area contributed by atoms with Gasteiger partial charge in [-0.2, -0.15) is 0 Å². The summed E-state index contributed by atoms with van der Waals surface area (Å²) in [7, 11) is 0. The van der Waals surface area contributed by atoms with E-state index in [0.29, 0.717) is 18.0 Å². The molecule has 0 aliphatic carbocycles. The Morgan fingerprint density at radius 2 is 1.91 bits per heavy atom. The molecule has 2 aromatic rings. The van der Waals surface area contributed by atoms with Crippen LogP contribution >= 0.6 is 0 Å². The first kappa shape index (κ1) is 15.0. The van der Waals surface area contributed by atoms with Gasteiger partial charge < -0.3 is 15.0 Å². The summed E-state index contributed by atoms with van der Waals surface area (Å²) in [6.07, 6.45) is 0. The summed E-state index contributed by atoms with van der Waals surface area (Å²) in [6, 6.07) is 13.0. The van der Waals surface area contributed by atoms with Crippen molar-refractivity contribution >= 4 is 17.5 Å². The maximum absolute atomic E-state index is 13.5. The number of nitrogens with zero attached hydrogens (tertiary/aromatic N) is 1. The summed E-state index contributed by atoms with van der Waals surface area (Å²) < 4.78 is 18.9. The summed E-state index contributed by atoms with van der Waals surface area (Å²) in [5.41, 5.74) is 0.657. The van der Waals surface area contributed by atoms with E-state index in [0.717, 1.165) is 0 Å². The van der Waals surface area contributed by atoms with Crippen molar-refractivity contribution in [3.8, 4) is 5.75 Å². The number of carbonyl (C=O) groups is 2. The van der Waals surface area contributed by atoms with Gasteiger partial charge in [-0.05, 0) is 24.3 Å². The Balaban J connectivity index is 1.64. The number of halogens is 1. The topological polar surface area (TPSA) is 58.6 Å². The first-order chi connectivity index (χ1) is 11.2. The minimum Gasteiger partial charge on any atom is -0.482 e. The monoisotopic (exact) mass is 314 g/mol. The quantitative estimate of drug-likeness (QED) is 0.939. The maximum atomic E-state index is 13.5. The van der Waals surface area contributed by atoms with Gasteiger partial charge in [-0.15, -0.1) is 0 Å². The summed E-state index contributed by atoms with van der Waals surface area (Å²) >= 11 is 0. The molecule has 23 heavy (non-hydrogen) atoms. The van der Waals surface area contributed by atoms with Crippen LogP contribution in [-0.4, -0.2) is 31.5 Å². The highest BCUT2D eigenvalue weighted by Crippen LogP contribution is 2.30. The highest BCUT2D eigenvalue weighted by atomic mass is 19.1. The summed E-state index contributed by atoms with van der Waals surface area (Å²) in [5.74, 6) is -0.619. The second kappa shape index (κ2) is 6.48. The summed E-state index contributed by atoms with van der Waals surface area (Å²) in [6.45, 7) is 0.477. The Bertz CT molecular complexity index is 748. The van der Waals surface area contributed by atoms with Crippen LogP contribution in [0.2, 0.25) is 0 Å². The van der Waals surface area contributed by atoms with Gasteiger partial charge in [0.05, 0.1) is 11.3 Å². The van der Waals surface area contributed by atoms with Crippen LogP contribution < -0.4 is 15.0 Å². The molecule has 118 valence electrons. The van der Waals surface area contributed by atoms with Crippen molar-refractivity contribution in [2.45, 2.75) is 0 Å². The highest BCUT2D eigenvalue weighted by Gasteiger charge is 2.24. The predicted octanol–water partition coefficient (Wildman–Crippen LogP) is 1.98. The molecule has 2 amide bonds. The number of amides is 2. The standard InChI is InChI=1S/C17H15FN2O3/c18-13-6-2-1-5-12(13)17(22)19-9-10-20-14-7-3-4-8-15(14)23-11-16(20)21/h1-8H,9-11H2,(H,19,22). The van der Waals surface area contributed by atoms with Gasteiger partial charge in [-0.1, -0.05) is 24.3 Å².